The summed E-state index contributed by atoms with van der Waals surface area (Å²) in [5.41, 5.74) is 4.30. The molecule has 0 spiro atoms. The van der Waals surface area contributed by atoms with Gasteiger partial charge in [-0.15, -0.1) is 11.8 Å². The molecule has 0 saturated carbocycles. The molecule has 134 valence electrons. The second kappa shape index (κ2) is 8.90. The van der Waals surface area contributed by atoms with Crippen LogP contribution < -0.4 is 4.74 Å². The van der Waals surface area contributed by atoms with E-state index >= 15 is 0 Å². The van der Waals surface area contributed by atoms with E-state index in [9.17, 15) is 4.79 Å². The average Bonchev–Trinajstić information content (AvgIpc) is 2.56. The van der Waals surface area contributed by atoms with E-state index in [4.69, 9.17) is 9.84 Å². The second-order valence-corrected chi connectivity index (χ2v) is 7.85. The molecule has 5 heteroatoms. The molecule has 4 nitrogen and oxygen atoms in total. The first-order valence-electron chi connectivity index (χ1n) is 8.42. The zero-order valence-corrected chi connectivity index (χ0v) is 16.0. The maximum atomic E-state index is 10.8. The summed E-state index contributed by atoms with van der Waals surface area (Å²) in [4.78, 5) is 15.2. The van der Waals surface area contributed by atoms with E-state index in [1.54, 1.807) is 18.0 Å². The van der Waals surface area contributed by atoms with E-state index in [2.05, 4.69) is 18.8 Å². The van der Waals surface area contributed by atoms with Gasteiger partial charge in [0, 0.05) is 23.4 Å². The highest BCUT2D eigenvalue weighted by molar-refractivity contribution is 7.99. The van der Waals surface area contributed by atoms with Crippen LogP contribution in [0.3, 0.4) is 0 Å². The van der Waals surface area contributed by atoms with Crippen molar-refractivity contribution in [3.05, 3.63) is 52.7 Å². The van der Waals surface area contributed by atoms with Crippen LogP contribution in [0.15, 0.2) is 35.5 Å². The number of carboxylic acids is 1. The Hall–Kier alpha value is -2.01. The molecule has 1 aromatic carbocycles. The van der Waals surface area contributed by atoms with Gasteiger partial charge in [-0.1, -0.05) is 26.0 Å². The molecule has 0 amide bonds. The van der Waals surface area contributed by atoms with Crippen LogP contribution >= 0.6 is 11.8 Å². The number of thioether (sulfide) groups is 1. The number of nitrogens with zero attached hydrogens (tertiary/aromatic N) is 1. The lowest BCUT2D eigenvalue weighted by molar-refractivity contribution is -0.136. The van der Waals surface area contributed by atoms with Crippen LogP contribution in [0.25, 0.3) is 0 Å². The first-order valence-corrected chi connectivity index (χ1v) is 9.30. The SMILES string of the molecule is Cc1c(CCC(=O)O)ccc(OCc2cccnc2SC(C)C)c1C. The van der Waals surface area contributed by atoms with Crippen molar-refractivity contribution in [2.75, 3.05) is 0 Å². The van der Waals surface area contributed by atoms with Crippen LogP contribution in [0.4, 0.5) is 0 Å². The lowest BCUT2D eigenvalue weighted by Crippen LogP contribution is -2.04. The zero-order chi connectivity index (χ0) is 18.4. The monoisotopic (exact) mass is 359 g/mol. The average molecular weight is 359 g/mol. The molecular formula is C20H25NO3S. The minimum absolute atomic E-state index is 0.145. The van der Waals surface area contributed by atoms with Gasteiger partial charge in [0.1, 0.15) is 17.4 Å². The number of pyridine rings is 1. The first kappa shape index (κ1) is 19.3. The summed E-state index contributed by atoms with van der Waals surface area (Å²) in [6.45, 7) is 8.80. The third kappa shape index (κ3) is 5.49. The van der Waals surface area contributed by atoms with Gasteiger partial charge >= 0.3 is 5.97 Å². The molecule has 0 unspecified atom stereocenters. The molecule has 0 fully saturated rings. The van der Waals surface area contributed by atoms with Crippen molar-refractivity contribution in [1.29, 1.82) is 0 Å². The number of benzene rings is 1. The molecular weight excluding hydrogens is 334 g/mol. The number of ether oxygens (including phenoxy) is 1. The second-order valence-electron chi connectivity index (χ2n) is 6.29. The molecule has 25 heavy (non-hydrogen) atoms. The van der Waals surface area contributed by atoms with Gasteiger partial charge in [-0.05, 0) is 49.1 Å². The summed E-state index contributed by atoms with van der Waals surface area (Å²) in [6.07, 6.45) is 2.49. The summed E-state index contributed by atoms with van der Waals surface area (Å²) in [5, 5.41) is 10.3. The van der Waals surface area contributed by atoms with Gasteiger partial charge < -0.3 is 9.84 Å². The zero-order valence-electron chi connectivity index (χ0n) is 15.2. The van der Waals surface area contributed by atoms with Crippen molar-refractivity contribution in [1.82, 2.24) is 4.98 Å². The van der Waals surface area contributed by atoms with E-state index in [1.165, 1.54) is 0 Å². The van der Waals surface area contributed by atoms with Crippen LogP contribution in [0.5, 0.6) is 5.75 Å². The molecule has 1 heterocycles. The number of hydrogen-bond donors (Lipinski definition) is 1. The number of carbonyl (C=O) groups is 1. The molecule has 0 atom stereocenters. The number of aromatic nitrogens is 1. The van der Waals surface area contributed by atoms with Crippen molar-refractivity contribution in [3.8, 4) is 5.75 Å². The van der Waals surface area contributed by atoms with Gasteiger partial charge in [0.2, 0.25) is 0 Å². The Labute approximate surface area is 153 Å². The van der Waals surface area contributed by atoms with Gasteiger partial charge in [-0.3, -0.25) is 4.79 Å². The van der Waals surface area contributed by atoms with Gasteiger partial charge in [0.05, 0.1) is 0 Å². The predicted octanol–water partition coefficient (Wildman–Crippen LogP) is 4.80. The van der Waals surface area contributed by atoms with Crippen LogP contribution in [0.1, 0.15) is 42.5 Å². The highest BCUT2D eigenvalue weighted by atomic mass is 32.2. The summed E-state index contributed by atoms with van der Waals surface area (Å²) in [5.74, 6) is 0.0602. The number of aliphatic carboxylic acids is 1. The third-order valence-corrected chi connectivity index (χ3v) is 5.10. The maximum Gasteiger partial charge on any atom is 0.303 e. The van der Waals surface area contributed by atoms with Crippen LogP contribution in [-0.4, -0.2) is 21.3 Å². The van der Waals surface area contributed by atoms with Crippen molar-refractivity contribution < 1.29 is 14.6 Å². The van der Waals surface area contributed by atoms with Crippen molar-refractivity contribution in [2.24, 2.45) is 0 Å². The Morgan fingerprint density at radius 3 is 2.64 bits per heavy atom. The quantitative estimate of drug-likeness (QED) is 0.686. The highest BCUT2D eigenvalue weighted by Gasteiger charge is 2.11. The molecule has 0 aliphatic heterocycles. The molecule has 1 N–H and O–H groups in total. The topological polar surface area (TPSA) is 59.4 Å². The summed E-state index contributed by atoms with van der Waals surface area (Å²) < 4.78 is 6.04. The minimum atomic E-state index is -0.774. The Morgan fingerprint density at radius 1 is 1.20 bits per heavy atom. The lowest BCUT2D eigenvalue weighted by Gasteiger charge is -2.15. The fourth-order valence-electron chi connectivity index (χ4n) is 2.54. The third-order valence-electron chi connectivity index (χ3n) is 4.04. The number of rotatable bonds is 8. The minimum Gasteiger partial charge on any atom is -0.489 e. The molecule has 1 aromatic heterocycles. The highest BCUT2D eigenvalue weighted by Crippen LogP contribution is 2.28. The molecule has 0 bridgehead atoms. The molecule has 0 aliphatic rings. The Bertz CT molecular complexity index is 744. The smallest absolute Gasteiger partial charge is 0.303 e. The fraction of sp³-hybridized carbons (Fsp3) is 0.400. The Morgan fingerprint density at radius 2 is 1.96 bits per heavy atom. The number of carboxylic acid groups (broad SMARTS) is 1. The number of hydrogen-bond acceptors (Lipinski definition) is 4. The van der Waals surface area contributed by atoms with Crippen molar-refractivity contribution >= 4 is 17.7 Å². The van der Waals surface area contributed by atoms with Gasteiger partial charge in [0.15, 0.2) is 0 Å². The largest absolute Gasteiger partial charge is 0.489 e. The summed E-state index contributed by atoms with van der Waals surface area (Å²) >= 11 is 1.73. The van der Waals surface area contributed by atoms with E-state index in [0.29, 0.717) is 18.3 Å². The van der Waals surface area contributed by atoms with Gasteiger partial charge in [-0.25, -0.2) is 4.98 Å². The van der Waals surface area contributed by atoms with Crippen LogP contribution in [-0.2, 0) is 17.8 Å². The van der Waals surface area contributed by atoms with Crippen molar-refractivity contribution in [3.63, 3.8) is 0 Å². The van der Waals surface area contributed by atoms with E-state index in [0.717, 1.165) is 33.0 Å². The Kier molecular flexibility index (Phi) is 6.88. The number of aryl methyl sites for hydroxylation is 1. The molecule has 0 saturated heterocycles. The lowest BCUT2D eigenvalue weighted by atomic mass is 9.99. The van der Waals surface area contributed by atoms with Crippen LogP contribution in [0, 0.1) is 13.8 Å². The van der Waals surface area contributed by atoms with Gasteiger partial charge in [0.25, 0.3) is 0 Å². The normalized spacial score (nSPS) is 10.9. The Balaban J connectivity index is 2.11. The summed E-state index contributed by atoms with van der Waals surface area (Å²) in [6, 6.07) is 7.87. The summed E-state index contributed by atoms with van der Waals surface area (Å²) in [7, 11) is 0. The molecule has 2 rings (SSSR count). The van der Waals surface area contributed by atoms with E-state index in [-0.39, 0.29) is 6.42 Å². The molecule has 0 radical (unpaired) electrons. The van der Waals surface area contributed by atoms with Gasteiger partial charge in [-0.2, -0.15) is 0 Å². The molecule has 0 aliphatic carbocycles. The first-order chi connectivity index (χ1) is 11.9. The maximum absolute atomic E-state index is 10.8. The predicted molar refractivity (Wildman–Crippen MR) is 101 cm³/mol. The van der Waals surface area contributed by atoms with Crippen LogP contribution in [0.2, 0.25) is 0 Å². The molecule has 2 aromatic rings. The van der Waals surface area contributed by atoms with Crippen molar-refractivity contribution in [2.45, 2.75) is 57.4 Å². The van der Waals surface area contributed by atoms with E-state index in [1.807, 2.05) is 38.1 Å². The fourth-order valence-corrected chi connectivity index (χ4v) is 3.39. The van der Waals surface area contributed by atoms with E-state index < -0.39 is 5.97 Å². The standard InChI is InChI=1S/C20H25NO3S/c1-13(2)25-20-17(6-5-11-21-20)12-24-18-9-7-16(8-10-19(22)23)14(3)15(18)4/h5-7,9,11,13H,8,10,12H2,1-4H3,(H,22,23).